The predicted octanol–water partition coefficient (Wildman–Crippen LogP) is 3.48. The Morgan fingerprint density at radius 2 is 1.94 bits per heavy atom. The van der Waals surface area contributed by atoms with Gasteiger partial charge in [-0.25, -0.2) is 9.97 Å². The van der Waals surface area contributed by atoms with Gasteiger partial charge in [0.1, 0.15) is 28.5 Å². The van der Waals surface area contributed by atoms with E-state index >= 15 is 0 Å². The van der Waals surface area contributed by atoms with E-state index in [4.69, 9.17) is 10.7 Å². The molecule has 4 aromatic rings. The highest BCUT2D eigenvalue weighted by Crippen LogP contribution is 2.36. The lowest BCUT2D eigenvalue weighted by Gasteiger charge is -2.22. The zero-order chi connectivity index (χ0) is 23.7. The fourth-order valence-electron chi connectivity index (χ4n) is 4.34. The van der Waals surface area contributed by atoms with Crippen LogP contribution in [-0.2, 0) is 4.79 Å². The minimum atomic E-state index is -0.287. The van der Waals surface area contributed by atoms with Crippen LogP contribution in [0.2, 0.25) is 0 Å². The molecule has 1 aromatic carbocycles. The molecule has 170 valence electrons. The molecule has 0 saturated carbocycles. The van der Waals surface area contributed by atoms with Crippen molar-refractivity contribution in [3.8, 4) is 11.3 Å². The summed E-state index contributed by atoms with van der Waals surface area (Å²) in [6.07, 6.45) is 8.05. The van der Waals surface area contributed by atoms with Crippen LogP contribution >= 0.6 is 0 Å². The molecule has 9 heteroatoms. The van der Waals surface area contributed by atoms with Gasteiger partial charge in [-0.1, -0.05) is 24.8 Å². The molecule has 9 nitrogen and oxygen atoms in total. The lowest BCUT2D eigenvalue weighted by atomic mass is 10.1. The minimum Gasteiger partial charge on any atom is -0.382 e. The topological polar surface area (TPSA) is 119 Å². The molecule has 0 spiro atoms. The number of likely N-dealkylation sites (tertiary alicyclic amines) is 1. The number of imidazole rings is 1. The van der Waals surface area contributed by atoms with Crippen LogP contribution in [0.15, 0.2) is 73.7 Å². The number of pyridine rings is 1. The molecule has 1 aliphatic rings. The van der Waals surface area contributed by atoms with Gasteiger partial charge in [-0.2, -0.15) is 0 Å². The average molecular weight is 454 g/mol. The monoisotopic (exact) mass is 453 g/mol. The van der Waals surface area contributed by atoms with E-state index in [-0.39, 0.29) is 17.9 Å². The van der Waals surface area contributed by atoms with E-state index < -0.39 is 0 Å². The summed E-state index contributed by atoms with van der Waals surface area (Å²) in [4.78, 5) is 39.8. The second-order valence-corrected chi connectivity index (χ2v) is 7.99. The Hall–Kier alpha value is -4.53. The van der Waals surface area contributed by atoms with E-state index in [1.165, 1.54) is 6.08 Å². The van der Waals surface area contributed by atoms with Crippen molar-refractivity contribution in [1.29, 1.82) is 0 Å². The number of hydrogen-bond acceptors (Lipinski definition) is 6. The molecule has 0 aliphatic carbocycles. The smallest absolute Gasteiger partial charge is 0.274 e. The third-order valence-corrected chi connectivity index (χ3v) is 5.93. The van der Waals surface area contributed by atoms with Crippen LogP contribution in [0.5, 0.6) is 0 Å². The van der Waals surface area contributed by atoms with Crippen LogP contribution in [0.25, 0.3) is 16.8 Å². The maximum absolute atomic E-state index is 12.4. The summed E-state index contributed by atoms with van der Waals surface area (Å²) in [5.74, 6) is 0.684. The maximum atomic E-state index is 12.4. The number of hydrogen-bond donors (Lipinski definition) is 2. The van der Waals surface area contributed by atoms with E-state index in [0.717, 1.165) is 24.2 Å². The first-order valence-corrected chi connectivity index (χ1v) is 10.9. The lowest BCUT2D eigenvalue weighted by Crippen LogP contribution is -2.29. The number of nitrogen functional groups attached to an aromatic ring is 1. The van der Waals surface area contributed by atoms with Crippen molar-refractivity contribution in [3.63, 3.8) is 0 Å². The highest BCUT2D eigenvalue weighted by Gasteiger charge is 2.33. The number of nitrogens with one attached hydrogen (secondary N) is 1. The highest BCUT2D eigenvalue weighted by atomic mass is 16.2. The third kappa shape index (κ3) is 3.77. The Morgan fingerprint density at radius 1 is 1.12 bits per heavy atom. The molecule has 1 atom stereocenters. The van der Waals surface area contributed by atoms with Crippen LogP contribution in [0.4, 0.5) is 11.5 Å². The first-order valence-electron chi connectivity index (χ1n) is 10.9. The second-order valence-electron chi connectivity index (χ2n) is 7.99. The summed E-state index contributed by atoms with van der Waals surface area (Å²) < 4.78 is 1.91. The largest absolute Gasteiger partial charge is 0.382 e. The lowest BCUT2D eigenvalue weighted by molar-refractivity contribution is -0.127. The van der Waals surface area contributed by atoms with Gasteiger partial charge in [0.05, 0.1) is 6.04 Å². The van der Waals surface area contributed by atoms with E-state index in [0.29, 0.717) is 35.0 Å². The SMILES string of the molecule is C=CC(=O)N1CCC[C@H]1c1nc(-c2ccc(NC(=O)c3ccccn3)cc2)c2c(N)nccn12. The fourth-order valence-corrected chi connectivity index (χ4v) is 4.34. The number of carbonyl (C=O) groups excluding carboxylic acids is 2. The first-order chi connectivity index (χ1) is 16.6. The number of amides is 2. The maximum Gasteiger partial charge on any atom is 0.274 e. The molecule has 4 heterocycles. The van der Waals surface area contributed by atoms with Crippen molar-refractivity contribution in [3.05, 3.63) is 85.2 Å². The van der Waals surface area contributed by atoms with Crippen molar-refractivity contribution in [2.45, 2.75) is 18.9 Å². The Morgan fingerprint density at radius 3 is 2.68 bits per heavy atom. The van der Waals surface area contributed by atoms with Crippen LogP contribution in [0.3, 0.4) is 0 Å². The molecule has 3 N–H and O–H groups in total. The second kappa shape index (κ2) is 8.78. The molecular weight excluding hydrogens is 430 g/mol. The van der Waals surface area contributed by atoms with Crippen LogP contribution in [0, 0.1) is 0 Å². The van der Waals surface area contributed by atoms with E-state index in [1.54, 1.807) is 47.6 Å². The third-order valence-electron chi connectivity index (χ3n) is 5.93. The minimum absolute atomic E-state index is 0.115. The number of carbonyl (C=O) groups is 2. The summed E-state index contributed by atoms with van der Waals surface area (Å²) in [6.45, 7) is 4.29. The summed E-state index contributed by atoms with van der Waals surface area (Å²) >= 11 is 0. The van der Waals surface area contributed by atoms with E-state index in [1.807, 2.05) is 22.7 Å². The number of fused-ring (bicyclic) bond motifs is 1. The molecule has 2 amide bonds. The zero-order valence-corrected chi connectivity index (χ0v) is 18.4. The van der Waals surface area contributed by atoms with Crippen molar-refractivity contribution in [2.24, 2.45) is 0 Å². The number of aromatic nitrogens is 4. The van der Waals surface area contributed by atoms with E-state index in [9.17, 15) is 9.59 Å². The Balaban J connectivity index is 1.50. The Labute approximate surface area is 196 Å². The molecule has 0 unspecified atom stereocenters. The molecule has 34 heavy (non-hydrogen) atoms. The van der Waals surface area contributed by atoms with Gasteiger partial charge in [-0.15, -0.1) is 0 Å². The van der Waals surface area contributed by atoms with E-state index in [2.05, 4.69) is 21.9 Å². The molecule has 0 radical (unpaired) electrons. The number of rotatable bonds is 5. The molecule has 1 fully saturated rings. The van der Waals surface area contributed by atoms with Gasteiger partial charge in [0, 0.05) is 36.4 Å². The highest BCUT2D eigenvalue weighted by molar-refractivity contribution is 6.03. The molecular formula is C25H23N7O2. The standard InChI is InChI=1S/C25H23N7O2/c1-2-20(33)31-14-5-7-19(31)24-30-21(22-23(26)28-13-15-32(22)24)16-8-10-17(11-9-16)29-25(34)18-6-3-4-12-27-18/h2-4,6,8-13,15,19H,1,5,7,14H2,(H2,26,28)(H,29,34)/t19-/m0/s1. The fraction of sp³-hybridized carbons (Fsp3) is 0.160. The Bertz CT molecular complexity index is 1380. The van der Waals surface area contributed by atoms with Gasteiger partial charge in [-0.3, -0.25) is 19.0 Å². The van der Waals surface area contributed by atoms with Crippen molar-refractivity contribution < 1.29 is 9.59 Å². The van der Waals surface area contributed by atoms with Gasteiger partial charge in [0.15, 0.2) is 0 Å². The predicted molar refractivity (Wildman–Crippen MR) is 129 cm³/mol. The summed E-state index contributed by atoms with van der Waals surface area (Å²) in [5, 5.41) is 2.84. The van der Waals surface area contributed by atoms with Crippen molar-refractivity contribution >= 4 is 28.8 Å². The molecule has 3 aromatic heterocycles. The van der Waals surface area contributed by atoms with Crippen LogP contribution in [0.1, 0.15) is 35.2 Å². The molecule has 5 rings (SSSR count). The molecule has 1 aliphatic heterocycles. The number of benzene rings is 1. The van der Waals surface area contributed by atoms with Gasteiger partial charge in [-0.05, 0) is 43.2 Å². The van der Waals surface area contributed by atoms with Crippen molar-refractivity contribution in [1.82, 2.24) is 24.3 Å². The van der Waals surface area contributed by atoms with Gasteiger partial charge >= 0.3 is 0 Å². The summed E-state index contributed by atoms with van der Waals surface area (Å²) in [5.41, 5.74) is 9.39. The van der Waals surface area contributed by atoms with Gasteiger partial charge in [0.2, 0.25) is 5.91 Å². The molecule has 0 bridgehead atoms. The Kier molecular flexibility index (Phi) is 5.51. The average Bonchev–Trinajstić information content (AvgIpc) is 3.50. The number of nitrogens with zero attached hydrogens (tertiary/aromatic N) is 5. The molecule has 1 saturated heterocycles. The van der Waals surface area contributed by atoms with Gasteiger partial charge < -0.3 is 16.0 Å². The van der Waals surface area contributed by atoms with Crippen LogP contribution < -0.4 is 11.1 Å². The van der Waals surface area contributed by atoms with Crippen molar-refractivity contribution in [2.75, 3.05) is 17.6 Å². The quantitative estimate of drug-likeness (QED) is 0.447. The number of nitrogens with two attached hydrogens (primary N) is 1. The normalized spacial score (nSPS) is 15.4. The number of anilines is 2. The summed E-state index contributed by atoms with van der Waals surface area (Å²) in [6, 6.07) is 12.3. The zero-order valence-electron chi connectivity index (χ0n) is 18.4. The van der Waals surface area contributed by atoms with Gasteiger partial charge in [0.25, 0.3) is 5.91 Å². The first kappa shape index (κ1) is 21.3. The van der Waals surface area contributed by atoms with Crippen LogP contribution in [-0.4, -0.2) is 42.6 Å². The summed E-state index contributed by atoms with van der Waals surface area (Å²) in [7, 11) is 0.